The van der Waals surface area contributed by atoms with Crippen molar-refractivity contribution in [2.24, 2.45) is 5.92 Å². The molecule has 1 heterocycles. The summed E-state index contributed by atoms with van der Waals surface area (Å²) in [6.45, 7) is 10.6. The first-order chi connectivity index (χ1) is 9.31. The first-order valence-electron chi connectivity index (χ1n) is 8.24. The van der Waals surface area contributed by atoms with Gasteiger partial charge in [0.15, 0.2) is 0 Å². The molecule has 1 rings (SSSR count). The van der Waals surface area contributed by atoms with Crippen LogP contribution in [-0.4, -0.2) is 38.5 Å². The van der Waals surface area contributed by atoms with Gasteiger partial charge in [0, 0.05) is 19.3 Å². The van der Waals surface area contributed by atoms with Crippen LogP contribution < -0.4 is 5.32 Å². The molecule has 3 nitrogen and oxygen atoms in total. The van der Waals surface area contributed by atoms with Crippen LogP contribution in [0.2, 0.25) is 0 Å². The Morgan fingerprint density at radius 2 is 1.89 bits per heavy atom. The second-order valence-corrected chi connectivity index (χ2v) is 5.69. The van der Waals surface area contributed by atoms with Gasteiger partial charge in [-0.05, 0) is 44.6 Å². The van der Waals surface area contributed by atoms with Crippen molar-refractivity contribution in [1.82, 2.24) is 5.32 Å². The number of rotatable bonds is 10. The summed E-state index contributed by atoms with van der Waals surface area (Å²) in [7, 11) is 0. The van der Waals surface area contributed by atoms with Crippen molar-refractivity contribution >= 4 is 0 Å². The maximum atomic E-state index is 6.22. The summed E-state index contributed by atoms with van der Waals surface area (Å²) in [6.07, 6.45) is 7.43. The molecule has 0 aromatic heterocycles. The van der Waals surface area contributed by atoms with E-state index < -0.39 is 0 Å². The number of ether oxygens (including phenoxy) is 2. The van der Waals surface area contributed by atoms with E-state index in [1.165, 1.54) is 19.3 Å². The van der Waals surface area contributed by atoms with Crippen LogP contribution in [0.3, 0.4) is 0 Å². The largest absolute Gasteiger partial charge is 0.381 e. The lowest BCUT2D eigenvalue weighted by molar-refractivity contribution is -0.0265. The fourth-order valence-corrected chi connectivity index (χ4v) is 2.75. The lowest BCUT2D eigenvalue weighted by atomic mass is 10.00. The van der Waals surface area contributed by atoms with Gasteiger partial charge in [0.25, 0.3) is 0 Å². The Morgan fingerprint density at radius 3 is 2.47 bits per heavy atom. The van der Waals surface area contributed by atoms with Crippen LogP contribution in [-0.2, 0) is 9.47 Å². The molecule has 0 amide bonds. The van der Waals surface area contributed by atoms with Crippen LogP contribution in [0, 0.1) is 5.92 Å². The van der Waals surface area contributed by atoms with Gasteiger partial charge in [-0.25, -0.2) is 0 Å². The van der Waals surface area contributed by atoms with Gasteiger partial charge in [-0.3, -0.25) is 0 Å². The molecule has 1 aliphatic heterocycles. The van der Waals surface area contributed by atoms with E-state index in [0.29, 0.717) is 18.1 Å². The van der Waals surface area contributed by atoms with E-state index in [4.69, 9.17) is 9.47 Å². The summed E-state index contributed by atoms with van der Waals surface area (Å²) < 4.78 is 11.6. The van der Waals surface area contributed by atoms with Gasteiger partial charge in [0.1, 0.15) is 0 Å². The average molecular weight is 271 g/mol. The zero-order valence-electron chi connectivity index (χ0n) is 13.1. The molecule has 1 N–H and O–H groups in total. The summed E-state index contributed by atoms with van der Waals surface area (Å²) in [4.78, 5) is 0. The maximum Gasteiger partial charge on any atom is 0.0725 e. The summed E-state index contributed by atoms with van der Waals surface area (Å²) >= 11 is 0. The monoisotopic (exact) mass is 271 g/mol. The van der Waals surface area contributed by atoms with Crippen LogP contribution >= 0.6 is 0 Å². The number of hydrogen-bond acceptors (Lipinski definition) is 3. The standard InChI is InChI=1S/C16H33NO2/c1-4-7-15(17-10-5-2)16(6-3)19-13-14-8-11-18-12-9-14/h14-17H,4-13H2,1-3H3. The van der Waals surface area contributed by atoms with Crippen molar-refractivity contribution < 1.29 is 9.47 Å². The topological polar surface area (TPSA) is 30.5 Å². The second kappa shape index (κ2) is 10.6. The van der Waals surface area contributed by atoms with Crippen molar-refractivity contribution in [2.75, 3.05) is 26.4 Å². The average Bonchev–Trinajstić information content (AvgIpc) is 2.46. The molecule has 0 bridgehead atoms. The molecule has 0 saturated carbocycles. The molecule has 19 heavy (non-hydrogen) atoms. The molecule has 0 aromatic rings. The van der Waals surface area contributed by atoms with Crippen LogP contribution in [0.5, 0.6) is 0 Å². The Balaban J connectivity index is 2.34. The smallest absolute Gasteiger partial charge is 0.0725 e. The highest BCUT2D eigenvalue weighted by Crippen LogP contribution is 2.18. The third kappa shape index (κ3) is 6.73. The Hall–Kier alpha value is -0.120. The molecule has 0 aliphatic carbocycles. The summed E-state index contributed by atoms with van der Waals surface area (Å²) in [5.74, 6) is 0.705. The molecule has 0 radical (unpaired) electrons. The quantitative estimate of drug-likeness (QED) is 0.661. The van der Waals surface area contributed by atoms with Crippen molar-refractivity contribution in [3.8, 4) is 0 Å². The molecule has 0 spiro atoms. The normalized spacial score (nSPS) is 20.4. The van der Waals surface area contributed by atoms with Crippen LogP contribution in [0.15, 0.2) is 0 Å². The van der Waals surface area contributed by atoms with Crippen LogP contribution in [0.4, 0.5) is 0 Å². The van der Waals surface area contributed by atoms with Gasteiger partial charge >= 0.3 is 0 Å². The molecule has 2 unspecified atom stereocenters. The Bertz CT molecular complexity index is 205. The summed E-state index contributed by atoms with van der Waals surface area (Å²) in [5.41, 5.74) is 0. The van der Waals surface area contributed by atoms with E-state index in [1.54, 1.807) is 0 Å². The number of hydrogen-bond donors (Lipinski definition) is 1. The Labute approximate surface area is 119 Å². The predicted octanol–water partition coefficient (Wildman–Crippen LogP) is 3.38. The van der Waals surface area contributed by atoms with Crippen molar-refractivity contribution in [3.63, 3.8) is 0 Å². The van der Waals surface area contributed by atoms with E-state index in [2.05, 4.69) is 26.1 Å². The van der Waals surface area contributed by atoms with Crippen molar-refractivity contribution in [1.29, 1.82) is 0 Å². The molecular weight excluding hydrogens is 238 g/mol. The van der Waals surface area contributed by atoms with E-state index in [-0.39, 0.29) is 0 Å². The summed E-state index contributed by atoms with van der Waals surface area (Å²) in [5, 5.41) is 3.66. The SMILES string of the molecule is CCCNC(CCC)C(CC)OCC1CCOCC1. The zero-order chi connectivity index (χ0) is 13.9. The minimum absolute atomic E-state index is 0.370. The van der Waals surface area contributed by atoms with E-state index in [1.807, 2.05) is 0 Å². The highest BCUT2D eigenvalue weighted by atomic mass is 16.5. The van der Waals surface area contributed by atoms with E-state index in [0.717, 1.165) is 45.6 Å². The van der Waals surface area contributed by atoms with Gasteiger partial charge in [0.2, 0.25) is 0 Å². The maximum absolute atomic E-state index is 6.22. The molecule has 0 aromatic carbocycles. The molecule has 1 aliphatic rings. The highest BCUT2D eigenvalue weighted by Gasteiger charge is 2.21. The van der Waals surface area contributed by atoms with Crippen LogP contribution in [0.25, 0.3) is 0 Å². The Morgan fingerprint density at radius 1 is 1.16 bits per heavy atom. The molecule has 2 atom stereocenters. The van der Waals surface area contributed by atoms with Crippen LogP contribution in [0.1, 0.15) is 59.3 Å². The molecule has 1 saturated heterocycles. The summed E-state index contributed by atoms with van der Waals surface area (Å²) in [6, 6.07) is 0.523. The minimum Gasteiger partial charge on any atom is -0.381 e. The lowest BCUT2D eigenvalue weighted by Crippen LogP contribution is -2.42. The van der Waals surface area contributed by atoms with Gasteiger partial charge in [-0.2, -0.15) is 0 Å². The molecule has 1 fully saturated rings. The fourth-order valence-electron chi connectivity index (χ4n) is 2.75. The lowest BCUT2D eigenvalue weighted by Gasteiger charge is -2.30. The fraction of sp³-hybridized carbons (Fsp3) is 1.00. The third-order valence-corrected chi connectivity index (χ3v) is 3.99. The van der Waals surface area contributed by atoms with E-state index in [9.17, 15) is 0 Å². The van der Waals surface area contributed by atoms with Crippen molar-refractivity contribution in [3.05, 3.63) is 0 Å². The first kappa shape index (κ1) is 16.9. The van der Waals surface area contributed by atoms with Gasteiger partial charge in [-0.1, -0.05) is 27.2 Å². The number of nitrogens with one attached hydrogen (secondary N) is 1. The second-order valence-electron chi connectivity index (χ2n) is 5.69. The third-order valence-electron chi connectivity index (χ3n) is 3.99. The molecular formula is C16H33NO2. The van der Waals surface area contributed by atoms with Gasteiger partial charge in [0.05, 0.1) is 12.7 Å². The first-order valence-corrected chi connectivity index (χ1v) is 8.24. The van der Waals surface area contributed by atoms with Crippen molar-refractivity contribution in [2.45, 2.75) is 71.4 Å². The zero-order valence-corrected chi connectivity index (χ0v) is 13.1. The predicted molar refractivity (Wildman–Crippen MR) is 80.6 cm³/mol. The highest BCUT2D eigenvalue weighted by molar-refractivity contribution is 4.76. The van der Waals surface area contributed by atoms with E-state index >= 15 is 0 Å². The van der Waals surface area contributed by atoms with Gasteiger partial charge in [-0.15, -0.1) is 0 Å². The molecule has 3 heteroatoms. The minimum atomic E-state index is 0.370. The molecule has 114 valence electrons. The Kier molecular flexibility index (Phi) is 9.48. The van der Waals surface area contributed by atoms with Gasteiger partial charge < -0.3 is 14.8 Å².